The lowest BCUT2D eigenvalue weighted by atomic mass is 9.81. The molecule has 2 amide bonds. The summed E-state index contributed by atoms with van der Waals surface area (Å²) in [6, 6.07) is 5.48. The highest BCUT2D eigenvalue weighted by Gasteiger charge is 2.33. The van der Waals surface area contributed by atoms with Crippen molar-refractivity contribution in [1.82, 2.24) is 5.32 Å². The van der Waals surface area contributed by atoms with Gasteiger partial charge < -0.3 is 9.47 Å². The molecule has 0 aliphatic carbocycles. The first kappa shape index (κ1) is 13.4. The molecule has 2 rings (SSSR count). The zero-order chi connectivity index (χ0) is 14.0. The molecule has 1 aliphatic rings. The molecular weight excluding hydrogens is 246 g/mol. The first-order chi connectivity index (χ1) is 9.06. The Balaban J connectivity index is 2.35. The van der Waals surface area contributed by atoms with Gasteiger partial charge in [0.1, 0.15) is 0 Å². The van der Waals surface area contributed by atoms with Crippen molar-refractivity contribution in [2.24, 2.45) is 5.92 Å². The summed E-state index contributed by atoms with van der Waals surface area (Å²) >= 11 is 0. The highest BCUT2D eigenvalue weighted by Crippen LogP contribution is 2.36. The number of methoxy groups -OCH3 is 2. The van der Waals surface area contributed by atoms with Crippen LogP contribution >= 0.6 is 0 Å². The van der Waals surface area contributed by atoms with E-state index in [0.29, 0.717) is 17.9 Å². The van der Waals surface area contributed by atoms with E-state index >= 15 is 0 Å². The van der Waals surface area contributed by atoms with Crippen LogP contribution in [0.1, 0.15) is 24.8 Å². The van der Waals surface area contributed by atoms with Crippen LogP contribution in [0.15, 0.2) is 18.2 Å². The van der Waals surface area contributed by atoms with E-state index in [-0.39, 0.29) is 23.7 Å². The number of hydrogen-bond acceptors (Lipinski definition) is 4. The van der Waals surface area contributed by atoms with Gasteiger partial charge in [0, 0.05) is 18.3 Å². The highest BCUT2D eigenvalue weighted by molar-refractivity contribution is 5.99. The van der Waals surface area contributed by atoms with Gasteiger partial charge in [-0.1, -0.05) is 13.0 Å². The summed E-state index contributed by atoms with van der Waals surface area (Å²) in [4.78, 5) is 23.2. The van der Waals surface area contributed by atoms with Crippen LogP contribution < -0.4 is 14.8 Å². The molecule has 5 heteroatoms. The molecule has 2 atom stereocenters. The number of carbonyl (C=O) groups is 2. The Labute approximate surface area is 111 Å². The van der Waals surface area contributed by atoms with Crippen molar-refractivity contribution >= 4 is 11.8 Å². The number of imide groups is 1. The zero-order valence-corrected chi connectivity index (χ0v) is 11.2. The number of rotatable bonds is 3. The Morgan fingerprint density at radius 2 is 1.84 bits per heavy atom. The van der Waals surface area contributed by atoms with E-state index in [1.54, 1.807) is 20.3 Å². The number of nitrogens with one attached hydrogen (secondary N) is 1. The molecule has 1 fully saturated rings. The van der Waals surface area contributed by atoms with Crippen LogP contribution in [-0.4, -0.2) is 26.0 Å². The van der Waals surface area contributed by atoms with E-state index in [1.807, 2.05) is 19.1 Å². The minimum atomic E-state index is -0.240. The summed E-state index contributed by atoms with van der Waals surface area (Å²) in [6.45, 7) is 1.82. The highest BCUT2D eigenvalue weighted by atomic mass is 16.5. The molecule has 0 spiro atoms. The van der Waals surface area contributed by atoms with E-state index < -0.39 is 0 Å². The van der Waals surface area contributed by atoms with Crippen molar-refractivity contribution in [3.63, 3.8) is 0 Å². The Morgan fingerprint density at radius 1 is 1.16 bits per heavy atom. The van der Waals surface area contributed by atoms with Crippen molar-refractivity contribution in [3.05, 3.63) is 23.8 Å². The Bertz CT molecular complexity index is 512. The zero-order valence-electron chi connectivity index (χ0n) is 11.2. The third kappa shape index (κ3) is 2.54. The van der Waals surface area contributed by atoms with Gasteiger partial charge in [-0.2, -0.15) is 0 Å². The van der Waals surface area contributed by atoms with E-state index in [9.17, 15) is 9.59 Å². The number of piperidine rings is 1. The second kappa shape index (κ2) is 5.30. The molecule has 1 N–H and O–H groups in total. The Morgan fingerprint density at radius 3 is 2.47 bits per heavy atom. The van der Waals surface area contributed by atoms with Crippen LogP contribution in [0.3, 0.4) is 0 Å². The molecule has 0 aromatic heterocycles. The maximum Gasteiger partial charge on any atom is 0.230 e. The molecule has 1 heterocycles. The van der Waals surface area contributed by atoms with Crippen LogP contribution in [0.5, 0.6) is 11.5 Å². The fourth-order valence-electron chi connectivity index (χ4n) is 2.35. The normalized spacial score (nSPS) is 22.9. The van der Waals surface area contributed by atoms with E-state index in [2.05, 4.69) is 5.32 Å². The largest absolute Gasteiger partial charge is 0.493 e. The van der Waals surface area contributed by atoms with Crippen LogP contribution in [-0.2, 0) is 9.59 Å². The van der Waals surface area contributed by atoms with Gasteiger partial charge in [-0.25, -0.2) is 0 Å². The van der Waals surface area contributed by atoms with Crippen molar-refractivity contribution < 1.29 is 19.1 Å². The summed E-state index contributed by atoms with van der Waals surface area (Å²) in [7, 11) is 3.13. The fourth-order valence-corrected chi connectivity index (χ4v) is 2.35. The maximum absolute atomic E-state index is 11.7. The Kier molecular flexibility index (Phi) is 3.74. The lowest BCUT2D eigenvalue weighted by molar-refractivity contribution is -0.136. The molecule has 1 aromatic rings. The first-order valence-corrected chi connectivity index (χ1v) is 6.12. The minimum Gasteiger partial charge on any atom is -0.493 e. The molecule has 0 saturated carbocycles. The second-order valence-corrected chi connectivity index (χ2v) is 4.63. The van der Waals surface area contributed by atoms with Crippen LogP contribution in [0.2, 0.25) is 0 Å². The maximum atomic E-state index is 11.7. The van der Waals surface area contributed by atoms with Crippen LogP contribution in [0.25, 0.3) is 0 Å². The predicted molar refractivity (Wildman–Crippen MR) is 69.2 cm³/mol. The van der Waals surface area contributed by atoms with Crippen LogP contribution in [0, 0.1) is 5.92 Å². The smallest absolute Gasteiger partial charge is 0.230 e. The van der Waals surface area contributed by atoms with Gasteiger partial charge in [-0.05, 0) is 17.7 Å². The number of amides is 2. The van der Waals surface area contributed by atoms with Gasteiger partial charge in [-0.3, -0.25) is 14.9 Å². The number of carbonyl (C=O) groups excluding carboxylic acids is 2. The summed E-state index contributed by atoms with van der Waals surface area (Å²) in [5.74, 6) is 0.409. The molecule has 102 valence electrons. The topological polar surface area (TPSA) is 64.6 Å². The molecule has 5 nitrogen and oxygen atoms in total. The lowest BCUT2D eigenvalue weighted by Crippen LogP contribution is -2.43. The minimum absolute atomic E-state index is 0.124. The number of benzene rings is 1. The first-order valence-electron chi connectivity index (χ1n) is 6.12. The van der Waals surface area contributed by atoms with Gasteiger partial charge in [-0.15, -0.1) is 0 Å². The number of hydrogen-bond donors (Lipinski definition) is 1. The summed E-state index contributed by atoms with van der Waals surface area (Å²) in [5.41, 5.74) is 0.911. The molecule has 19 heavy (non-hydrogen) atoms. The molecule has 0 bridgehead atoms. The van der Waals surface area contributed by atoms with Gasteiger partial charge in [0.2, 0.25) is 11.8 Å². The van der Waals surface area contributed by atoms with Crippen molar-refractivity contribution in [3.8, 4) is 11.5 Å². The SMILES string of the molecule is COc1ccc(C2CC(=O)NC(=O)C2C)cc1OC. The predicted octanol–water partition coefficient (Wildman–Crippen LogP) is 1.47. The van der Waals surface area contributed by atoms with Crippen molar-refractivity contribution in [1.29, 1.82) is 0 Å². The van der Waals surface area contributed by atoms with Gasteiger partial charge >= 0.3 is 0 Å². The molecular formula is C14H17NO4. The quantitative estimate of drug-likeness (QED) is 0.839. The summed E-state index contributed by atoms with van der Waals surface area (Å²) < 4.78 is 10.4. The standard InChI is InChI=1S/C14H17NO4/c1-8-10(7-13(16)15-14(8)17)9-4-5-11(18-2)12(6-9)19-3/h4-6,8,10H,7H2,1-3H3,(H,15,16,17). The Hall–Kier alpha value is -2.04. The molecule has 0 radical (unpaired) electrons. The van der Waals surface area contributed by atoms with Crippen molar-refractivity contribution in [2.45, 2.75) is 19.3 Å². The molecule has 1 saturated heterocycles. The van der Waals surface area contributed by atoms with Crippen molar-refractivity contribution in [2.75, 3.05) is 14.2 Å². The average molecular weight is 263 g/mol. The van der Waals surface area contributed by atoms with Crippen LogP contribution in [0.4, 0.5) is 0 Å². The number of ether oxygens (including phenoxy) is 2. The second-order valence-electron chi connectivity index (χ2n) is 4.63. The van der Waals surface area contributed by atoms with E-state index in [1.165, 1.54) is 0 Å². The van der Waals surface area contributed by atoms with E-state index in [0.717, 1.165) is 5.56 Å². The van der Waals surface area contributed by atoms with Gasteiger partial charge in [0.15, 0.2) is 11.5 Å². The summed E-state index contributed by atoms with van der Waals surface area (Å²) in [5, 5.41) is 2.35. The molecule has 1 aromatic carbocycles. The fraction of sp³-hybridized carbons (Fsp3) is 0.429. The van der Waals surface area contributed by atoms with Gasteiger partial charge in [0.25, 0.3) is 0 Å². The third-order valence-electron chi connectivity index (χ3n) is 3.52. The van der Waals surface area contributed by atoms with E-state index in [4.69, 9.17) is 9.47 Å². The lowest BCUT2D eigenvalue weighted by Gasteiger charge is -2.28. The molecule has 1 aliphatic heterocycles. The third-order valence-corrected chi connectivity index (χ3v) is 3.52. The van der Waals surface area contributed by atoms with Gasteiger partial charge in [0.05, 0.1) is 14.2 Å². The summed E-state index contributed by atoms with van der Waals surface area (Å²) in [6.07, 6.45) is 0.308. The average Bonchev–Trinajstić information content (AvgIpc) is 2.42. The molecule has 2 unspecified atom stereocenters. The monoisotopic (exact) mass is 263 g/mol.